The van der Waals surface area contributed by atoms with Crippen molar-refractivity contribution < 1.29 is 14.2 Å². The summed E-state index contributed by atoms with van der Waals surface area (Å²) in [6, 6.07) is 4.95. The quantitative estimate of drug-likeness (QED) is 0.879. The van der Waals surface area contributed by atoms with Gasteiger partial charge in [0, 0.05) is 18.2 Å². The van der Waals surface area contributed by atoms with Gasteiger partial charge in [0.25, 0.3) is 0 Å². The van der Waals surface area contributed by atoms with Crippen molar-refractivity contribution in [2.75, 3.05) is 18.1 Å². The number of anilines is 1. The third kappa shape index (κ3) is 2.49. The Balaban J connectivity index is 2.42. The number of hydrogen-bond acceptors (Lipinski definition) is 3. The highest BCUT2D eigenvalue weighted by Gasteiger charge is 2.28. The van der Waals surface area contributed by atoms with Gasteiger partial charge in [-0.1, -0.05) is 12.1 Å². The van der Waals surface area contributed by atoms with Gasteiger partial charge in [-0.2, -0.15) is 0 Å². The average molecular weight is 253 g/mol. The van der Waals surface area contributed by atoms with Gasteiger partial charge in [-0.3, -0.25) is 0 Å². The Morgan fingerprint density at radius 1 is 1.44 bits per heavy atom. The molecular weight excluding hydrogens is 233 g/mol. The molecule has 0 bridgehead atoms. The number of ether oxygens (including phenoxy) is 1. The molecule has 100 valence electrons. The summed E-state index contributed by atoms with van der Waals surface area (Å²) in [6.07, 6.45) is -0.608. The standard InChI is InChI=1S/C14H20FNO2/c1-9-8-18-10(2)7-16(9)14-12(11(3)17)5-4-6-13(14)15/h4-6,9-11,17H,7-8H2,1-3H3/t9?,10?,11-/m0/s1. The predicted octanol–water partition coefficient (Wildman–Crippen LogP) is 2.49. The van der Waals surface area contributed by atoms with Crippen LogP contribution in [0, 0.1) is 5.82 Å². The summed E-state index contributed by atoms with van der Waals surface area (Å²) in [5.74, 6) is -0.283. The Hall–Kier alpha value is -1.13. The van der Waals surface area contributed by atoms with Gasteiger partial charge in [0.15, 0.2) is 0 Å². The maximum Gasteiger partial charge on any atom is 0.146 e. The van der Waals surface area contributed by atoms with Crippen LogP contribution in [0.1, 0.15) is 32.4 Å². The highest BCUT2D eigenvalue weighted by atomic mass is 19.1. The smallest absolute Gasteiger partial charge is 0.146 e. The van der Waals surface area contributed by atoms with Crippen molar-refractivity contribution in [3.63, 3.8) is 0 Å². The number of benzene rings is 1. The minimum atomic E-state index is -0.680. The molecule has 1 aromatic rings. The number of halogens is 1. The van der Waals surface area contributed by atoms with Crippen molar-refractivity contribution in [2.45, 2.75) is 39.0 Å². The zero-order chi connectivity index (χ0) is 13.3. The average Bonchev–Trinajstić information content (AvgIpc) is 2.32. The van der Waals surface area contributed by atoms with Crippen molar-refractivity contribution in [3.05, 3.63) is 29.6 Å². The Morgan fingerprint density at radius 2 is 2.17 bits per heavy atom. The highest BCUT2D eigenvalue weighted by molar-refractivity contribution is 5.57. The summed E-state index contributed by atoms with van der Waals surface area (Å²) >= 11 is 0. The number of rotatable bonds is 2. The third-order valence-corrected chi connectivity index (χ3v) is 3.36. The summed E-state index contributed by atoms with van der Waals surface area (Å²) < 4.78 is 19.7. The van der Waals surface area contributed by atoms with Gasteiger partial charge in [-0.25, -0.2) is 4.39 Å². The van der Waals surface area contributed by atoms with E-state index < -0.39 is 6.10 Å². The predicted molar refractivity (Wildman–Crippen MR) is 69.3 cm³/mol. The molecule has 2 rings (SSSR count). The van der Waals surface area contributed by atoms with E-state index in [-0.39, 0.29) is 18.0 Å². The fraction of sp³-hybridized carbons (Fsp3) is 0.571. The second-order valence-electron chi connectivity index (χ2n) is 5.00. The fourth-order valence-electron chi connectivity index (χ4n) is 2.39. The van der Waals surface area contributed by atoms with Gasteiger partial charge in [0.2, 0.25) is 0 Å². The Kier molecular flexibility index (Phi) is 3.88. The molecule has 1 aliphatic rings. The Labute approximate surface area is 107 Å². The first-order valence-electron chi connectivity index (χ1n) is 6.35. The van der Waals surface area contributed by atoms with Crippen LogP contribution < -0.4 is 4.90 Å². The van der Waals surface area contributed by atoms with Crippen LogP contribution in [0.5, 0.6) is 0 Å². The normalized spacial score (nSPS) is 26.2. The lowest BCUT2D eigenvalue weighted by atomic mass is 10.0. The van der Waals surface area contributed by atoms with E-state index in [4.69, 9.17) is 4.74 Å². The molecule has 1 aliphatic heterocycles. The second kappa shape index (κ2) is 5.24. The van der Waals surface area contributed by atoms with Gasteiger partial charge in [0.05, 0.1) is 24.5 Å². The molecule has 4 heteroatoms. The summed E-state index contributed by atoms with van der Waals surface area (Å²) in [5.41, 5.74) is 1.14. The summed E-state index contributed by atoms with van der Waals surface area (Å²) in [6.45, 7) is 6.86. The Bertz CT molecular complexity index is 422. The minimum Gasteiger partial charge on any atom is -0.389 e. The van der Waals surface area contributed by atoms with Gasteiger partial charge in [0.1, 0.15) is 5.82 Å². The van der Waals surface area contributed by atoms with E-state index in [9.17, 15) is 9.50 Å². The molecule has 18 heavy (non-hydrogen) atoms. The molecule has 0 aromatic heterocycles. The van der Waals surface area contributed by atoms with Crippen molar-refractivity contribution >= 4 is 5.69 Å². The van der Waals surface area contributed by atoms with Gasteiger partial charge in [-0.05, 0) is 26.8 Å². The molecule has 0 saturated carbocycles. The molecule has 1 N–H and O–H groups in total. The number of nitrogens with zero attached hydrogens (tertiary/aromatic N) is 1. The summed E-state index contributed by atoms with van der Waals surface area (Å²) in [4.78, 5) is 1.99. The van der Waals surface area contributed by atoms with Crippen LogP contribution in [0.3, 0.4) is 0 Å². The van der Waals surface area contributed by atoms with Crippen LogP contribution in [0.4, 0.5) is 10.1 Å². The monoisotopic (exact) mass is 253 g/mol. The molecule has 1 heterocycles. The number of para-hydroxylation sites is 1. The van der Waals surface area contributed by atoms with E-state index in [1.54, 1.807) is 19.1 Å². The van der Waals surface area contributed by atoms with E-state index in [1.807, 2.05) is 18.7 Å². The fourth-order valence-corrected chi connectivity index (χ4v) is 2.39. The molecule has 3 nitrogen and oxygen atoms in total. The van der Waals surface area contributed by atoms with Crippen molar-refractivity contribution in [1.82, 2.24) is 0 Å². The van der Waals surface area contributed by atoms with E-state index in [1.165, 1.54) is 6.07 Å². The van der Waals surface area contributed by atoms with Gasteiger partial charge >= 0.3 is 0 Å². The molecule has 1 aromatic carbocycles. The zero-order valence-corrected chi connectivity index (χ0v) is 11.1. The van der Waals surface area contributed by atoms with Gasteiger partial charge in [-0.15, -0.1) is 0 Å². The van der Waals surface area contributed by atoms with Crippen LogP contribution in [0.25, 0.3) is 0 Å². The van der Waals surface area contributed by atoms with E-state index in [2.05, 4.69) is 0 Å². The molecule has 3 atom stereocenters. The summed E-state index contributed by atoms with van der Waals surface area (Å²) in [5, 5.41) is 9.79. The lowest BCUT2D eigenvalue weighted by molar-refractivity contribution is 0.0338. The lowest BCUT2D eigenvalue weighted by Crippen LogP contribution is -2.48. The maximum absolute atomic E-state index is 14.1. The molecule has 0 spiro atoms. The molecule has 0 radical (unpaired) electrons. The highest BCUT2D eigenvalue weighted by Crippen LogP contribution is 2.32. The largest absolute Gasteiger partial charge is 0.389 e. The van der Waals surface area contributed by atoms with E-state index in [0.717, 1.165) is 0 Å². The third-order valence-electron chi connectivity index (χ3n) is 3.36. The Morgan fingerprint density at radius 3 is 2.83 bits per heavy atom. The molecule has 2 unspecified atom stereocenters. The summed E-state index contributed by atoms with van der Waals surface area (Å²) in [7, 11) is 0. The maximum atomic E-state index is 14.1. The SMILES string of the molecule is CC1CN(c2c(F)cccc2[C@H](C)O)C(C)CO1. The van der Waals surface area contributed by atoms with E-state index >= 15 is 0 Å². The molecule has 0 amide bonds. The van der Waals surface area contributed by atoms with Crippen molar-refractivity contribution in [3.8, 4) is 0 Å². The minimum absolute atomic E-state index is 0.0719. The van der Waals surface area contributed by atoms with Crippen LogP contribution in [0.2, 0.25) is 0 Å². The zero-order valence-electron chi connectivity index (χ0n) is 11.1. The molecule has 1 fully saturated rings. The second-order valence-corrected chi connectivity index (χ2v) is 5.00. The number of hydrogen-bond donors (Lipinski definition) is 1. The van der Waals surface area contributed by atoms with Crippen molar-refractivity contribution in [2.24, 2.45) is 0 Å². The first-order chi connectivity index (χ1) is 8.50. The number of morpholine rings is 1. The molecular formula is C14H20FNO2. The first kappa shape index (κ1) is 13.3. The van der Waals surface area contributed by atoms with Crippen LogP contribution in [-0.2, 0) is 4.74 Å². The van der Waals surface area contributed by atoms with Crippen LogP contribution in [-0.4, -0.2) is 30.4 Å². The van der Waals surface area contributed by atoms with Crippen LogP contribution >= 0.6 is 0 Å². The van der Waals surface area contributed by atoms with Crippen LogP contribution in [0.15, 0.2) is 18.2 Å². The molecule has 0 aliphatic carbocycles. The number of aliphatic hydroxyl groups is 1. The topological polar surface area (TPSA) is 32.7 Å². The van der Waals surface area contributed by atoms with Crippen molar-refractivity contribution in [1.29, 1.82) is 0 Å². The number of aliphatic hydroxyl groups excluding tert-OH is 1. The molecule has 1 saturated heterocycles. The van der Waals surface area contributed by atoms with Gasteiger partial charge < -0.3 is 14.7 Å². The first-order valence-corrected chi connectivity index (χ1v) is 6.35. The lowest BCUT2D eigenvalue weighted by Gasteiger charge is -2.39. The van der Waals surface area contributed by atoms with E-state index in [0.29, 0.717) is 24.4 Å².